The molecule has 3 rings (SSSR count). The summed E-state index contributed by atoms with van der Waals surface area (Å²) in [6.07, 6.45) is -0.831. The van der Waals surface area contributed by atoms with Crippen LogP contribution in [0.15, 0.2) is 24.3 Å². The third kappa shape index (κ3) is 5.60. The van der Waals surface area contributed by atoms with Crippen molar-refractivity contribution >= 4 is 10.1 Å². The fraction of sp³-hybridized carbons (Fsp3) is 0.478. The molecule has 0 spiro atoms. The summed E-state index contributed by atoms with van der Waals surface area (Å²) in [7, 11) is -6.65. The van der Waals surface area contributed by atoms with Gasteiger partial charge in [0.05, 0.1) is 5.56 Å². The molecule has 0 atom stereocenters. The Morgan fingerprint density at radius 1 is 0.833 bits per heavy atom. The Morgan fingerprint density at radius 2 is 1.42 bits per heavy atom. The van der Waals surface area contributed by atoms with Crippen molar-refractivity contribution < 1.29 is 52.1 Å². The maximum absolute atomic E-state index is 15.1. The molecule has 0 saturated heterocycles. The monoisotopic (exact) mass is 548 g/mol. The number of benzene rings is 2. The standard InChI is InChI=1S/C23H21F9O3S/c1-2-3-12-4-6-13(7-5-12)14-8-9-15(19(25)18(14)24)16-10-11-17(22(27,28)29)20(26)21(16)35-36(33,34)23(30,31)32/h8-13H,2-7H2,1H3. The van der Waals surface area contributed by atoms with Crippen LogP contribution in [0.5, 0.6) is 5.75 Å². The summed E-state index contributed by atoms with van der Waals surface area (Å²) < 4.78 is 149. The molecule has 2 aromatic carbocycles. The molecule has 0 radical (unpaired) electrons. The van der Waals surface area contributed by atoms with Gasteiger partial charge in [-0.2, -0.15) is 34.8 Å². The van der Waals surface area contributed by atoms with Crippen LogP contribution in [0.2, 0.25) is 0 Å². The van der Waals surface area contributed by atoms with E-state index in [0.29, 0.717) is 24.8 Å². The highest BCUT2D eigenvalue weighted by atomic mass is 32.2. The van der Waals surface area contributed by atoms with Crippen LogP contribution < -0.4 is 4.18 Å². The molecule has 0 bridgehead atoms. The largest absolute Gasteiger partial charge is 0.534 e. The molecule has 0 unspecified atom stereocenters. The summed E-state index contributed by atoms with van der Waals surface area (Å²) in [5, 5.41) is 0. The zero-order valence-corrected chi connectivity index (χ0v) is 19.6. The van der Waals surface area contributed by atoms with Crippen molar-refractivity contribution in [3.05, 3.63) is 52.8 Å². The second-order valence-corrected chi connectivity index (χ2v) is 10.2. The molecule has 1 fully saturated rings. The van der Waals surface area contributed by atoms with Crippen molar-refractivity contribution in [3.63, 3.8) is 0 Å². The van der Waals surface area contributed by atoms with E-state index in [-0.39, 0.29) is 17.5 Å². The van der Waals surface area contributed by atoms with Gasteiger partial charge in [-0.25, -0.2) is 13.2 Å². The van der Waals surface area contributed by atoms with Gasteiger partial charge < -0.3 is 4.18 Å². The van der Waals surface area contributed by atoms with E-state index in [0.717, 1.165) is 37.8 Å². The lowest BCUT2D eigenvalue weighted by Crippen LogP contribution is -2.29. The summed E-state index contributed by atoms with van der Waals surface area (Å²) in [6, 6.07) is 2.34. The Labute approximate surface area is 201 Å². The minimum atomic E-state index is -6.65. The highest BCUT2D eigenvalue weighted by molar-refractivity contribution is 7.88. The van der Waals surface area contributed by atoms with Crippen LogP contribution in [0.3, 0.4) is 0 Å². The van der Waals surface area contributed by atoms with Gasteiger partial charge in [0.2, 0.25) is 0 Å². The molecular formula is C23H21F9O3S. The van der Waals surface area contributed by atoms with E-state index in [9.17, 15) is 39.2 Å². The number of halogens is 9. The topological polar surface area (TPSA) is 43.4 Å². The van der Waals surface area contributed by atoms with Crippen molar-refractivity contribution in [2.24, 2.45) is 5.92 Å². The third-order valence-corrected chi connectivity index (χ3v) is 7.22. The van der Waals surface area contributed by atoms with Crippen LogP contribution in [0.4, 0.5) is 39.5 Å². The van der Waals surface area contributed by atoms with E-state index in [2.05, 4.69) is 4.18 Å². The highest BCUT2D eigenvalue weighted by Gasteiger charge is 2.50. The normalized spacial score (nSPS) is 19.4. The lowest BCUT2D eigenvalue weighted by atomic mass is 9.77. The molecule has 0 aromatic heterocycles. The Kier molecular flexibility index (Phi) is 7.92. The predicted molar refractivity (Wildman–Crippen MR) is 112 cm³/mol. The van der Waals surface area contributed by atoms with Gasteiger partial charge in [-0.15, -0.1) is 0 Å². The van der Waals surface area contributed by atoms with E-state index in [1.54, 1.807) is 0 Å². The van der Waals surface area contributed by atoms with Crippen molar-refractivity contribution in [1.29, 1.82) is 0 Å². The molecule has 2 aromatic rings. The molecule has 3 nitrogen and oxygen atoms in total. The zero-order chi connectivity index (χ0) is 27.1. The Hall–Kier alpha value is -2.44. The van der Waals surface area contributed by atoms with Crippen molar-refractivity contribution in [1.82, 2.24) is 0 Å². The van der Waals surface area contributed by atoms with E-state index in [1.165, 1.54) is 0 Å². The predicted octanol–water partition coefficient (Wildman–Crippen LogP) is 8.09. The molecule has 13 heteroatoms. The molecule has 1 aliphatic rings. The second-order valence-electron chi connectivity index (χ2n) is 8.62. The van der Waals surface area contributed by atoms with Gasteiger partial charge in [-0.05, 0) is 55.2 Å². The maximum atomic E-state index is 15.1. The lowest BCUT2D eigenvalue weighted by molar-refractivity contribution is -0.140. The van der Waals surface area contributed by atoms with Gasteiger partial charge >= 0.3 is 21.8 Å². The first-order valence-corrected chi connectivity index (χ1v) is 12.4. The van der Waals surface area contributed by atoms with Gasteiger partial charge in [0.1, 0.15) is 0 Å². The zero-order valence-electron chi connectivity index (χ0n) is 18.7. The van der Waals surface area contributed by atoms with E-state index < -0.39 is 61.7 Å². The average Bonchev–Trinajstić information content (AvgIpc) is 2.76. The van der Waals surface area contributed by atoms with Gasteiger partial charge in [-0.3, -0.25) is 0 Å². The maximum Gasteiger partial charge on any atom is 0.534 e. The quantitative estimate of drug-likeness (QED) is 0.208. The van der Waals surface area contributed by atoms with Crippen LogP contribution >= 0.6 is 0 Å². The van der Waals surface area contributed by atoms with Crippen LogP contribution in [0.1, 0.15) is 62.5 Å². The van der Waals surface area contributed by atoms with Crippen molar-refractivity contribution in [2.45, 2.75) is 63.1 Å². The summed E-state index contributed by atoms with van der Waals surface area (Å²) in [5.74, 6) is -7.58. The van der Waals surface area contributed by atoms with E-state index in [4.69, 9.17) is 0 Å². The van der Waals surface area contributed by atoms with Gasteiger partial charge in [0, 0.05) is 11.1 Å². The molecule has 1 aliphatic carbocycles. The number of alkyl halides is 6. The van der Waals surface area contributed by atoms with Crippen LogP contribution in [-0.4, -0.2) is 13.9 Å². The smallest absolute Gasteiger partial charge is 0.372 e. The number of hydrogen-bond donors (Lipinski definition) is 0. The Balaban J connectivity index is 2.09. The fourth-order valence-electron chi connectivity index (χ4n) is 4.48. The lowest BCUT2D eigenvalue weighted by Gasteiger charge is -2.29. The van der Waals surface area contributed by atoms with Gasteiger partial charge in [0.15, 0.2) is 23.2 Å². The molecule has 200 valence electrons. The fourth-order valence-corrected chi connectivity index (χ4v) is 4.96. The number of hydrogen-bond acceptors (Lipinski definition) is 3. The first-order valence-electron chi connectivity index (χ1n) is 11.0. The van der Waals surface area contributed by atoms with Crippen molar-refractivity contribution in [3.8, 4) is 16.9 Å². The van der Waals surface area contributed by atoms with Crippen LogP contribution in [0, 0.1) is 23.4 Å². The minimum absolute atomic E-state index is 0.0380. The molecule has 0 amide bonds. The summed E-state index contributed by atoms with van der Waals surface area (Å²) >= 11 is 0. The summed E-state index contributed by atoms with van der Waals surface area (Å²) in [6.45, 7) is 2.03. The molecule has 36 heavy (non-hydrogen) atoms. The molecule has 0 heterocycles. The minimum Gasteiger partial charge on any atom is -0.372 e. The highest BCUT2D eigenvalue weighted by Crippen LogP contribution is 2.45. The summed E-state index contributed by atoms with van der Waals surface area (Å²) in [4.78, 5) is 0. The first kappa shape index (κ1) is 28.1. The van der Waals surface area contributed by atoms with E-state index in [1.807, 2.05) is 6.92 Å². The van der Waals surface area contributed by atoms with Gasteiger partial charge in [-0.1, -0.05) is 31.9 Å². The third-order valence-electron chi connectivity index (χ3n) is 6.26. The Bertz CT molecular complexity index is 1210. The Morgan fingerprint density at radius 3 is 1.94 bits per heavy atom. The summed E-state index contributed by atoms with van der Waals surface area (Å²) in [5.41, 5.74) is -10.4. The van der Waals surface area contributed by atoms with Gasteiger partial charge in [0.25, 0.3) is 0 Å². The van der Waals surface area contributed by atoms with Crippen molar-refractivity contribution in [2.75, 3.05) is 0 Å². The number of rotatable bonds is 6. The average molecular weight is 548 g/mol. The van der Waals surface area contributed by atoms with Crippen LogP contribution in [-0.2, 0) is 16.3 Å². The molecule has 1 saturated carbocycles. The van der Waals surface area contributed by atoms with Crippen LogP contribution in [0.25, 0.3) is 11.1 Å². The SMILES string of the molecule is CCCC1CCC(c2ccc(-c3ccc(C(F)(F)F)c(F)c3OS(=O)(=O)C(F)(F)F)c(F)c2F)CC1. The first-order chi connectivity index (χ1) is 16.6. The van der Waals surface area contributed by atoms with E-state index >= 15 is 8.78 Å². The molecule has 0 aliphatic heterocycles. The molecular weight excluding hydrogens is 527 g/mol. The molecule has 0 N–H and O–H groups in total. The second kappa shape index (κ2) is 10.1.